The number of hydrogen-bond acceptors (Lipinski definition) is 4. The van der Waals surface area contributed by atoms with Gasteiger partial charge in [0.1, 0.15) is 13.1 Å². The van der Waals surface area contributed by atoms with Crippen LogP contribution in [0.1, 0.15) is 32.1 Å². The first-order chi connectivity index (χ1) is 9.97. The molecule has 0 aromatic heterocycles. The van der Waals surface area contributed by atoms with Crippen LogP contribution in [0.4, 0.5) is 4.79 Å². The summed E-state index contributed by atoms with van der Waals surface area (Å²) in [7, 11) is 0. The molecule has 2 atom stereocenters. The molecular formula is C13H19N3O5. The molecule has 2 fully saturated rings. The van der Waals surface area contributed by atoms with E-state index in [1.165, 1.54) is 0 Å². The number of carboxylic acids is 1. The standard InChI is InChI=1S/C13H19N3O5/c17-10-6-16(7-11(18)15-10)13(21)14-9-5-3-1-2-4-8(9)12(19)20/h8-9H,1-7H2,(H,14,21)(H,19,20)(H,15,17,18). The van der Waals surface area contributed by atoms with Crippen LogP contribution in [0.3, 0.4) is 0 Å². The van der Waals surface area contributed by atoms with Crippen LogP contribution in [0.2, 0.25) is 0 Å². The van der Waals surface area contributed by atoms with Crippen molar-refractivity contribution in [3.8, 4) is 0 Å². The molecule has 2 unspecified atom stereocenters. The SMILES string of the molecule is O=C1CN(C(=O)NC2CCCCCC2C(=O)O)CC(=O)N1. The van der Waals surface area contributed by atoms with E-state index in [-0.39, 0.29) is 13.1 Å². The normalized spacial score (nSPS) is 26.8. The van der Waals surface area contributed by atoms with Crippen LogP contribution in [0.5, 0.6) is 0 Å². The predicted molar refractivity (Wildman–Crippen MR) is 71.3 cm³/mol. The van der Waals surface area contributed by atoms with E-state index in [1.807, 2.05) is 0 Å². The summed E-state index contributed by atoms with van der Waals surface area (Å²) < 4.78 is 0. The van der Waals surface area contributed by atoms with Crippen LogP contribution in [0, 0.1) is 5.92 Å². The third-order valence-corrected chi connectivity index (χ3v) is 3.88. The summed E-state index contributed by atoms with van der Waals surface area (Å²) in [6.07, 6.45) is 3.75. The third-order valence-electron chi connectivity index (χ3n) is 3.88. The van der Waals surface area contributed by atoms with E-state index < -0.39 is 35.8 Å². The summed E-state index contributed by atoms with van der Waals surface area (Å²) in [6.45, 7) is -0.385. The second-order valence-corrected chi connectivity index (χ2v) is 5.47. The van der Waals surface area contributed by atoms with Crippen molar-refractivity contribution >= 4 is 23.8 Å². The Bertz CT molecular complexity index is 449. The van der Waals surface area contributed by atoms with Crippen LogP contribution < -0.4 is 10.6 Å². The van der Waals surface area contributed by atoms with Crippen molar-refractivity contribution in [2.75, 3.05) is 13.1 Å². The van der Waals surface area contributed by atoms with Gasteiger partial charge < -0.3 is 15.3 Å². The molecule has 2 aliphatic rings. The molecule has 21 heavy (non-hydrogen) atoms. The van der Waals surface area contributed by atoms with Crippen LogP contribution in [0.25, 0.3) is 0 Å². The monoisotopic (exact) mass is 297 g/mol. The Morgan fingerprint density at radius 3 is 2.33 bits per heavy atom. The fraction of sp³-hybridized carbons (Fsp3) is 0.692. The molecule has 0 bridgehead atoms. The van der Waals surface area contributed by atoms with Crippen molar-refractivity contribution in [1.82, 2.24) is 15.5 Å². The van der Waals surface area contributed by atoms with Gasteiger partial charge in [-0.3, -0.25) is 19.7 Å². The zero-order chi connectivity index (χ0) is 15.4. The van der Waals surface area contributed by atoms with Crippen molar-refractivity contribution in [3.05, 3.63) is 0 Å². The molecule has 0 aromatic rings. The minimum atomic E-state index is -0.922. The maximum atomic E-state index is 12.1. The van der Waals surface area contributed by atoms with Gasteiger partial charge in [-0.25, -0.2) is 4.79 Å². The Hall–Kier alpha value is -2.12. The fourth-order valence-corrected chi connectivity index (χ4v) is 2.81. The topological polar surface area (TPSA) is 116 Å². The van der Waals surface area contributed by atoms with Gasteiger partial charge in [0.05, 0.1) is 5.92 Å². The van der Waals surface area contributed by atoms with Gasteiger partial charge in [0, 0.05) is 6.04 Å². The highest BCUT2D eigenvalue weighted by Gasteiger charge is 2.33. The van der Waals surface area contributed by atoms with Crippen LogP contribution >= 0.6 is 0 Å². The van der Waals surface area contributed by atoms with Crippen molar-refractivity contribution < 1.29 is 24.3 Å². The van der Waals surface area contributed by atoms with Gasteiger partial charge in [0.15, 0.2) is 0 Å². The molecule has 0 radical (unpaired) electrons. The first-order valence-electron chi connectivity index (χ1n) is 7.08. The van der Waals surface area contributed by atoms with Crippen LogP contribution in [0.15, 0.2) is 0 Å². The number of imide groups is 1. The molecule has 1 aliphatic heterocycles. The van der Waals surface area contributed by atoms with Gasteiger partial charge in [0.2, 0.25) is 11.8 Å². The zero-order valence-electron chi connectivity index (χ0n) is 11.6. The molecule has 1 saturated heterocycles. The Morgan fingerprint density at radius 1 is 1.10 bits per heavy atom. The van der Waals surface area contributed by atoms with Crippen LogP contribution in [-0.4, -0.2) is 53.0 Å². The second-order valence-electron chi connectivity index (χ2n) is 5.47. The summed E-state index contributed by atoms with van der Waals surface area (Å²) in [4.78, 5) is 47.0. The molecule has 0 spiro atoms. The number of carbonyl (C=O) groups excluding carboxylic acids is 3. The average Bonchev–Trinajstić information content (AvgIpc) is 2.63. The third kappa shape index (κ3) is 3.93. The van der Waals surface area contributed by atoms with Gasteiger partial charge >= 0.3 is 12.0 Å². The quantitative estimate of drug-likeness (QED) is 0.477. The number of amides is 4. The molecule has 4 amide bonds. The molecule has 1 saturated carbocycles. The molecule has 116 valence electrons. The lowest BCUT2D eigenvalue weighted by atomic mass is 9.95. The van der Waals surface area contributed by atoms with Gasteiger partial charge in [-0.05, 0) is 12.8 Å². The van der Waals surface area contributed by atoms with Crippen molar-refractivity contribution in [1.29, 1.82) is 0 Å². The van der Waals surface area contributed by atoms with E-state index in [0.717, 1.165) is 24.2 Å². The summed E-state index contributed by atoms with van der Waals surface area (Å²) in [5.74, 6) is -2.60. The van der Waals surface area contributed by atoms with Crippen molar-refractivity contribution in [2.45, 2.75) is 38.1 Å². The average molecular weight is 297 g/mol. The highest BCUT2D eigenvalue weighted by molar-refractivity contribution is 6.02. The number of piperazine rings is 1. The maximum Gasteiger partial charge on any atom is 0.318 e. The number of carbonyl (C=O) groups is 4. The number of aliphatic carboxylic acids is 1. The first-order valence-corrected chi connectivity index (χ1v) is 7.08. The Labute approximate surface area is 121 Å². The molecule has 1 heterocycles. The van der Waals surface area contributed by atoms with Gasteiger partial charge in [0.25, 0.3) is 0 Å². The second kappa shape index (κ2) is 6.55. The highest BCUT2D eigenvalue weighted by atomic mass is 16.4. The van der Waals surface area contributed by atoms with Gasteiger partial charge in [-0.15, -0.1) is 0 Å². The lowest BCUT2D eigenvalue weighted by Gasteiger charge is -2.29. The largest absolute Gasteiger partial charge is 0.481 e. The minimum Gasteiger partial charge on any atom is -0.481 e. The number of nitrogens with one attached hydrogen (secondary N) is 2. The summed E-state index contributed by atoms with van der Waals surface area (Å²) in [5, 5.41) is 14.0. The van der Waals surface area contributed by atoms with E-state index in [9.17, 15) is 24.3 Å². The Balaban J connectivity index is 2.00. The number of carboxylic acid groups (broad SMARTS) is 1. The number of rotatable bonds is 2. The van der Waals surface area contributed by atoms with E-state index in [4.69, 9.17) is 0 Å². The lowest BCUT2D eigenvalue weighted by molar-refractivity contribution is -0.143. The first kappa shape index (κ1) is 15.3. The molecule has 0 aromatic carbocycles. The zero-order valence-corrected chi connectivity index (χ0v) is 11.6. The highest BCUT2D eigenvalue weighted by Crippen LogP contribution is 2.24. The van der Waals surface area contributed by atoms with E-state index in [0.29, 0.717) is 12.8 Å². The summed E-state index contributed by atoms with van der Waals surface area (Å²) in [5.41, 5.74) is 0. The maximum absolute atomic E-state index is 12.1. The molecule has 8 heteroatoms. The molecular weight excluding hydrogens is 278 g/mol. The van der Waals surface area contributed by atoms with Gasteiger partial charge in [-0.2, -0.15) is 0 Å². The predicted octanol–water partition coefficient (Wildman–Crippen LogP) is -0.312. The number of urea groups is 1. The van der Waals surface area contributed by atoms with E-state index >= 15 is 0 Å². The number of hydrogen-bond donors (Lipinski definition) is 3. The molecule has 2 rings (SSSR count). The van der Waals surface area contributed by atoms with Crippen LogP contribution in [-0.2, 0) is 14.4 Å². The van der Waals surface area contributed by atoms with Crippen molar-refractivity contribution in [2.24, 2.45) is 5.92 Å². The van der Waals surface area contributed by atoms with E-state index in [1.54, 1.807) is 0 Å². The summed E-state index contributed by atoms with van der Waals surface area (Å²) in [6, 6.07) is -1.02. The lowest BCUT2D eigenvalue weighted by Crippen LogP contribution is -2.57. The number of nitrogens with zero attached hydrogens (tertiary/aromatic N) is 1. The fourth-order valence-electron chi connectivity index (χ4n) is 2.81. The minimum absolute atomic E-state index is 0.192. The molecule has 3 N–H and O–H groups in total. The molecule has 8 nitrogen and oxygen atoms in total. The smallest absolute Gasteiger partial charge is 0.318 e. The summed E-state index contributed by atoms with van der Waals surface area (Å²) >= 11 is 0. The van der Waals surface area contributed by atoms with Crippen molar-refractivity contribution in [3.63, 3.8) is 0 Å². The molecule has 1 aliphatic carbocycles. The van der Waals surface area contributed by atoms with Gasteiger partial charge in [-0.1, -0.05) is 19.3 Å². The Morgan fingerprint density at radius 2 is 1.71 bits per heavy atom. The Kier molecular flexibility index (Phi) is 4.77. The van der Waals surface area contributed by atoms with E-state index in [2.05, 4.69) is 10.6 Å².